The van der Waals surface area contributed by atoms with E-state index in [0.717, 1.165) is 50.4 Å². The summed E-state index contributed by atoms with van der Waals surface area (Å²) in [5.74, 6) is -0.669. The predicted molar refractivity (Wildman–Crippen MR) is 141 cm³/mol. The fourth-order valence-electron chi connectivity index (χ4n) is 4.25. The van der Waals surface area contributed by atoms with Crippen molar-refractivity contribution in [1.82, 2.24) is 10.2 Å². The van der Waals surface area contributed by atoms with E-state index in [4.69, 9.17) is 0 Å². The Morgan fingerprint density at radius 2 is 1.80 bits per heavy atom. The van der Waals surface area contributed by atoms with Crippen LogP contribution in [0, 0.1) is 0 Å². The first-order valence-corrected chi connectivity index (χ1v) is 13.2. The lowest BCUT2D eigenvalue weighted by Crippen LogP contribution is -2.33. The minimum Gasteiger partial charge on any atom is -0.352 e. The van der Waals surface area contributed by atoms with Crippen LogP contribution in [0.25, 0.3) is 0 Å². The number of carbonyl (C=O) groups is 3. The first-order chi connectivity index (χ1) is 17.1. The molecule has 0 aromatic heterocycles. The van der Waals surface area contributed by atoms with E-state index in [1.54, 1.807) is 24.3 Å². The number of aliphatic imine (C=N–C) groups is 1. The molecule has 1 saturated heterocycles. The number of rotatable bonds is 9. The van der Waals surface area contributed by atoms with Gasteiger partial charge in [0.1, 0.15) is 5.25 Å². The molecule has 2 aromatic carbocycles. The number of carbonyl (C=O) groups excluding carboxylic acids is 3. The van der Waals surface area contributed by atoms with E-state index in [-0.39, 0.29) is 24.1 Å². The molecule has 3 amide bonds. The van der Waals surface area contributed by atoms with Crippen molar-refractivity contribution in [3.8, 4) is 0 Å². The first-order valence-electron chi connectivity index (χ1n) is 12.3. The van der Waals surface area contributed by atoms with Gasteiger partial charge < -0.3 is 15.5 Å². The highest BCUT2D eigenvalue weighted by atomic mass is 32.2. The van der Waals surface area contributed by atoms with Crippen molar-refractivity contribution < 1.29 is 14.4 Å². The van der Waals surface area contributed by atoms with E-state index in [1.807, 2.05) is 18.2 Å². The van der Waals surface area contributed by atoms with Gasteiger partial charge in [0.2, 0.25) is 5.91 Å². The molecule has 7 nitrogen and oxygen atoms in total. The monoisotopic (exact) mass is 492 g/mol. The summed E-state index contributed by atoms with van der Waals surface area (Å²) >= 11 is 1.39. The molecule has 0 bridgehead atoms. The molecule has 0 radical (unpaired) electrons. The zero-order chi connectivity index (χ0) is 24.5. The molecule has 35 heavy (non-hydrogen) atoms. The number of nitrogens with one attached hydrogen (secondary N) is 2. The smallest absolute Gasteiger partial charge is 0.262 e. The number of benzene rings is 2. The second-order valence-electron chi connectivity index (χ2n) is 8.92. The number of nitrogens with zero attached hydrogens (tertiary/aromatic N) is 2. The van der Waals surface area contributed by atoms with Gasteiger partial charge in [-0.05, 0) is 62.3 Å². The van der Waals surface area contributed by atoms with Gasteiger partial charge in [-0.25, -0.2) is 0 Å². The Balaban J connectivity index is 1.20. The van der Waals surface area contributed by atoms with Crippen molar-refractivity contribution in [2.75, 3.05) is 25.0 Å². The molecule has 184 valence electrons. The number of unbranched alkanes of at least 4 members (excludes halogenated alkanes) is 1. The van der Waals surface area contributed by atoms with Crippen LogP contribution in [0.1, 0.15) is 54.4 Å². The fraction of sp³-hybridized carbons (Fsp3) is 0.407. The number of piperidine rings is 1. The highest BCUT2D eigenvalue weighted by Crippen LogP contribution is 2.29. The lowest BCUT2D eigenvalue weighted by atomic mass is 10.1. The van der Waals surface area contributed by atoms with Gasteiger partial charge in [0.15, 0.2) is 5.17 Å². The maximum atomic E-state index is 12.6. The van der Waals surface area contributed by atoms with E-state index in [2.05, 4.69) is 32.7 Å². The normalized spacial score (nSPS) is 17.7. The molecule has 2 N–H and O–H groups in total. The van der Waals surface area contributed by atoms with Crippen LogP contribution in [0.3, 0.4) is 0 Å². The molecule has 0 unspecified atom stereocenters. The van der Waals surface area contributed by atoms with E-state index < -0.39 is 5.25 Å². The Bertz CT molecular complexity index is 1070. The number of thioether (sulfide) groups is 1. The Labute approximate surface area is 210 Å². The van der Waals surface area contributed by atoms with E-state index in [9.17, 15) is 14.4 Å². The van der Waals surface area contributed by atoms with E-state index in [1.165, 1.54) is 23.7 Å². The minimum atomic E-state index is -0.491. The Kier molecular flexibility index (Phi) is 8.95. The largest absolute Gasteiger partial charge is 0.352 e. The fourth-order valence-corrected chi connectivity index (χ4v) is 5.37. The number of hydrogen-bond acceptors (Lipinski definition) is 5. The molecule has 1 fully saturated rings. The number of hydrogen-bond donors (Lipinski definition) is 2. The van der Waals surface area contributed by atoms with E-state index in [0.29, 0.717) is 17.8 Å². The van der Waals surface area contributed by atoms with Crippen LogP contribution in [0.15, 0.2) is 59.6 Å². The summed E-state index contributed by atoms with van der Waals surface area (Å²) in [7, 11) is 0. The second kappa shape index (κ2) is 12.5. The van der Waals surface area contributed by atoms with Crippen molar-refractivity contribution >= 4 is 40.3 Å². The third-order valence-electron chi connectivity index (χ3n) is 6.16. The SMILES string of the molecule is O=C(C[C@H]1SC(N2CCCCC2)=NC1=O)Nc1cccc(C(=O)NCCCCc2ccccc2)c1. The summed E-state index contributed by atoms with van der Waals surface area (Å²) in [6, 6.07) is 17.2. The van der Waals surface area contributed by atoms with Crippen LogP contribution in [-0.4, -0.2) is 52.7 Å². The molecule has 0 aliphatic carbocycles. The lowest BCUT2D eigenvalue weighted by Gasteiger charge is -2.27. The number of aryl methyl sites for hydroxylation is 1. The lowest BCUT2D eigenvalue weighted by molar-refractivity contribution is -0.121. The molecule has 2 aromatic rings. The van der Waals surface area contributed by atoms with Crippen LogP contribution >= 0.6 is 11.8 Å². The number of anilines is 1. The first kappa shape index (κ1) is 25.0. The minimum absolute atomic E-state index is 0.0577. The summed E-state index contributed by atoms with van der Waals surface area (Å²) < 4.78 is 0. The van der Waals surface area contributed by atoms with Gasteiger partial charge in [0.25, 0.3) is 11.8 Å². The topological polar surface area (TPSA) is 90.9 Å². The summed E-state index contributed by atoms with van der Waals surface area (Å²) in [5.41, 5.74) is 2.33. The van der Waals surface area contributed by atoms with Gasteiger partial charge in [-0.2, -0.15) is 4.99 Å². The van der Waals surface area contributed by atoms with Gasteiger partial charge >= 0.3 is 0 Å². The third-order valence-corrected chi connectivity index (χ3v) is 7.37. The molecule has 0 spiro atoms. The summed E-state index contributed by atoms with van der Waals surface area (Å²) in [6.07, 6.45) is 6.37. The number of likely N-dealkylation sites (tertiary alicyclic amines) is 1. The van der Waals surface area contributed by atoms with Crippen LogP contribution in [0.5, 0.6) is 0 Å². The van der Waals surface area contributed by atoms with Crippen molar-refractivity contribution in [3.63, 3.8) is 0 Å². The Morgan fingerprint density at radius 1 is 1.00 bits per heavy atom. The van der Waals surface area contributed by atoms with Gasteiger partial charge in [0, 0.05) is 37.3 Å². The Hall–Kier alpha value is -3.13. The predicted octanol–water partition coefficient (Wildman–Crippen LogP) is 4.25. The summed E-state index contributed by atoms with van der Waals surface area (Å²) in [6.45, 7) is 2.43. The highest BCUT2D eigenvalue weighted by molar-refractivity contribution is 8.15. The molecule has 4 rings (SSSR count). The van der Waals surface area contributed by atoms with Crippen LogP contribution < -0.4 is 10.6 Å². The standard InChI is InChI=1S/C27H32N4O3S/c32-24(19-23-26(34)30-27(35-23)31-16-7-2-8-17-31)29-22-14-9-13-21(18-22)25(33)28-15-6-5-12-20-10-3-1-4-11-20/h1,3-4,9-11,13-14,18,23H,2,5-8,12,15-17,19H2,(H,28,33)(H,29,32)/t23-/m1/s1. The quantitative estimate of drug-likeness (QED) is 0.511. The second-order valence-corrected chi connectivity index (χ2v) is 10.1. The van der Waals surface area contributed by atoms with E-state index >= 15 is 0 Å². The Morgan fingerprint density at radius 3 is 2.60 bits per heavy atom. The maximum absolute atomic E-state index is 12.6. The van der Waals surface area contributed by atoms with Crippen LogP contribution in [-0.2, 0) is 16.0 Å². The molecular formula is C27H32N4O3S. The molecule has 2 aliphatic heterocycles. The number of amidine groups is 1. The van der Waals surface area contributed by atoms with Crippen molar-refractivity contribution in [3.05, 3.63) is 65.7 Å². The highest BCUT2D eigenvalue weighted by Gasteiger charge is 2.33. The van der Waals surface area contributed by atoms with Gasteiger partial charge in [-0.1, -0.05) is 48.2 Å². The van der Waals surface area contributed by atoms with Crippen LogP contribution in [0.2, 0.25) is 0 Å². The average molecular weight is 493 g/mol. The number of amides is 3. The van der Waals surface area contributed by atoms with Crippen molar-refractivity contribution in [1.29, 1.82) is 0 Å². The molecule has 2 heterocycles. The zero-order valence-corrected chi connectivity index (χ0v) is 20.7. The third kappa shape index (κ3) is 7.42. The zero-order valence-electron chi connectivity index (χ0n) is 19.9. The molecule has 1 atom stereocenters. The molecule has 0 saturated carbocycles. The molecular weight excluding hydrogens is 460 g/mol. The van der Waals surface area contributed by atoms with Gasteiger partial charge in [-0.3, -0.25) is 14.4 Å². The molecule has 8 heteroatoms. The van der Waals surface area contributed by atoms with Crippen molar-refractivity contribution in [2.24, 2.45) is 4.99 Å². The average Bonchev–Trinajstić information content (AvgIpc) is 3.24. The van der Waals surface area contributed by atoms with Gasteiger partial charge in [0.05, 0.1) is 0 Å². The van der Waals surface area contributed by atoms with Gasteiger partial charge in [-0.15, -0.1) is 0 Å². The summed E-state index contributed by atoms with van der Waals surface area (Å²) in [4.78, 5) is 43.8. The maximum Gasteiger partial charge on any atom is 0.262 e. The van der Waals surface area contributed by atoms with Crippen LogP contribution in [0.4, 0.5) is 5.69 Å². The van der Waals surface area contributed by atoms with Crippen molar-refractivity contribution in [2.45, 2.75) is 50.2 Å². The molecule has 2 aliphatic rings. The summed E-state index contributed by atoms with van der Waals surface area (Å²) in [5, 5.41) is 6.03.